The minimum absolute atomic E-state index is 0.144. The van der Waals surface area contributed by atoms with E-state index in [1.54, 1.807) is 25.1 Å². The molecule has 0 heterocycles. The molecule has 21 heavy (non-hydrogen) atoms. The average molecular weight is 327 g/mol. The lowest BCUT2D eigenvalue weighted by molar-refractivity contribution is 0.353. The predicted molar refractivity (Wildman–Crippen MR) is 81.2 cm³/mol. The van der Waals surface area contributed by atoms with Crippen LogP contribution in [-0.4, -0.2) is 22.6 Å². The van der Waals surface area contributed by atoms with Crippen molar-refractivity contribution in [1.82, 2.24) is 0 Å². The van der Waals surface area contributed by atoms with Crippen molar-refractivity contribution in [3.05, 3.63) is 47.0 Å². The van der Waals surface area contributed by atoms with E-state index in [0.29, 0.717) is 22.1 Å². The van der Waals surface area contributed by atoms with Crippen molar-refractivity contribution < 1.29 is 17.9 Å². The van der Waals surface area contributed by atoms with Gasteiger partial charge in [-0.2, -0.15) is 0 Å². The van der Waals surface area contributed by atoms with E-state index in [9.17, 15) is 8.42 Å². The zero-order valence-corrected chi connectivity index (χ0v) is 13.5. The third-order valence-electron chi connectivity index (χ3n) is 3.08. The van der Waals surface area contributed by atoms with Gasteiger partial charge in [-0.05, 0) is 36.8 Å². The summed E-state index contributed by atoms with van der Waals surface area (Å²) in [7, 11) is -0.706. The lowest BCUT2D eigenvalue weighted by Gasteiger charge is -2.13. The smallest absolute Gasteiger partial charge is 0.207 e. The van der Waals surface area contributed by atoms with Gasteiger partial charge in [0, 0.05) is 11.1 Å². The first kappa shape index (κ1) is 15.7. The summed E-state index contributed by atoms with van der Waals surface area (Å²) in [6.45, 7) is 1.71. The summed E-state index contributed by atoms with van der Waals surface area (Å²) in [5.74, 6) is 0.851. The zero-order chi connectivity index (χ0) is 15.6. The lowest BCUT2D eigenvalue weighted by atomic mass is 10.2. The van der Waals surface area contributed by atoms with Gasteiger partial charge in [0.05, 0.1) is 24.0 Å². The van der Waals surface area contributed by atoms with Crippen LogP contribution in [0.5, 0.6) is 11.5 Å². The molecule has 0 aliphatic rings. The van der Waals surface area contributed by atoms with Gasteiger partial charge in [0.15, 0.2) is 11.5 Å². The second kappa shape index (κ2) is 5.95. The fraction of sp³-hybridized carbons (Fsp3) is 0.200. The molecule has 0 aliphatic carbocycles. The fourth-order valence-electron chi connectivity index (χ4n) is 2.01. The van der Waals surface area contributed by atoms with Gasteiger partial charge in [-0.15, -0.1) is 0 Å². The van der Waals surface area contributed by atoms with E-state index in [1.807, 2.05) is 0 Å². The van der Waals surface area contributed by atoms with Crippen molar-refractivity contribution >= 4 is 21.4 Å². The van der Waals surface area contributed by atoms with Crippen LogP contribution >= 0.6 is 11.6 Å². The molecule has 0 radical (unpaired) electrons. The Kier molecular flexibility index (Phi) is 4.44. The maximum atomic E-state index is 12.7. The number of hydrogen-bond acceptors (Lipinski definition) is 4. The summed E-state index contributed by atoms with van der Waals surface area (Å²) in [4.78, 5) is 0.313. The lowest BCUT2D eigenvalue weighted by Crippen LogP contribution is -2.05. The Morgan fingerprint density at radius 2 is 1.62 bits per heavy atom. The van der Waals surface area contributed by atoms with Crippen LogP contribution in [0, 0.1) is 6.92 Å². The molecule has 4 nitrogen and oxygen atoms in total. The number of methoxy groups -OCH3 is 2. The molecule has 0 atom stereocenters. The molecule has 2 rings (SSSR count). The van der Waals surface area contributed by atoms with Crippen LogP contribution in [0.2, 0.25) is 5.02 Å². The van der Waals surface area contributed by atoms with Crippen molar-refractivity contribution in [3.8, 4) is 11.5 Å². The van der Waals surface area contributed by atoms with Gasteiger partial charge in [0.25, 0.3) is 0 Å². The highest BCUT2D eigenvalue weighted by Gasteiger charge is 2.22. The molecule has 6 heteroatoms. The molecule has 0 saturated carbocycles. The number of rotatable bonds is 4. The Labute approximate surface area is 129 Å². The van der Waals surface area contributed by atoms with Crippen molar-refractivity contribution in [2.24, 2.45) is 0 Å². The average Bonchev–Trinajstić information content (AvgIpc) is 2.46. The van der Waals surface area contributed by atoms with Gasteiger partial charge in [-0.1, -0.05) is 17.7 Å². The van der Waals surface area contributed by atoms with E-state index in [4.69, 9.17) is 21.1 Å². The summed E-state index contributed by atoms with van der Waals surface area (Å²) in [6.07, 6.45) is 0. The standard InChI is InChI=1S/C15H15ClO4S/c1-10-7-13(19-2)14(20-3)9-15(10)21(17,18)12-6-4-5-11(16)8-12/h4-9H,1-3H3. The normalized spacial score (nSPS) is 11.2. The predicted octanol–water partition coefficient (Wildman–Crippen LogP) is 3.50. The molecule has 2 aromatic rings. The van der Waals surface area contributed by atoms with Crippen LogP contribution in [-0.2, 0) is 9.84 Å². The minimum Gasteiger partial charge on any atom is -0.493 e. The van der Waals surface area contributed by atoms with E-state index in [1.165, 1.54) is 32.4 Å². The summed E-state index contributed by atoms with van der Waals surface area (Å²) >= 11 is 5.88. The van der Waals surface area contributed by atoms with Crippen molar-refractivity contribution in [1.29, 1.82) is 0 Å². The van der Waals surface area contributed by atoms with Crippen molar-refractivity contribution in [2.75, 3.05) is 14.2 Å². The minimum atomic E-state index is -3.67. The molecule has 0 aromatic heterocycles. The van der Waals surface area contributed by atoms with E-state index in [0.717, 1.165) is 0 Å². The van der Waals surface area contributed by atoms with Gasteiger partial charge in [-0.3, -0.25) is 0 Å². The molecular formula is C15H15ClO4S. The molecule has 0 fully saturated rings. The van der Waals surface area contributed by atoms with Crippen LogP contribution in [0.25, 0.3) is 0 Å². The molecular weight excluding hydrogens is 312 g/mol. The summed E-state index contributed by atoms with van der Waals surface area (Å²) in [6, 6.07) is 9.26. The fourth-order valence-corrected chi connectivity index (χ4v) is 3.81. The topological polar surface area (TPSA) is 52.6 Å². The second-order valence-corrected chi connectivity index (χ2v) is 6.79. The molecule has 112 valence electrons. The van der Waals surface area contributed by atoms with Crippen LogP contribution in [0.1, 0.15) is 5.56 Å². The van der Waals surface area contributed by atoms with Crippen molar-refractivity contribution in [3.63, 3.8) is 0 Å². The molecule has 0 bridgehead atoms. The summed E-state index contributed by atoms with van der Waals surface area (Å²) in [5.41, 5.74) is 0.577. The van der Waals surface area contributed by atoms with Crippen molar-refractivity contribution in [2.45, 2.75) is 16.7 Å². The quantitative estimate of drug-likeness (QED) is 0.863. The number of sulfone groups is 1. The monoisotopic (exact) mass is 326 g/mol. The number of halogens is 1. The summed E-state index contributed by atoms with van der Waals surface area (Å²) < 4.78 is 35.8. The van der Waals surface area contributed by atoms with Gasteiger partial charge in [-0.25, -0.2) is 8.42 Å². The molecule has 2 aromatic carbocycles. The second-order valence-electron chi connectivity index (χ2n) is 4.43. The number of benzene rings is 2. The van der Waals surface area contributed by atoms with Crippen LogP contribution in [0.15, 0.2) is 46.2 Å². The summed E-state index contributed by atoms with van der Waals surface area (Å²) in [5, 5.41) is 0.370. The van der Waals surface area contributed by atoms with Gasteiger partial charge in [0.1, 0.15) is 0 Å². The largest absolute Gasteiger partial charge is 0.493 e. The first-order valence-electron chi connectivity index (χ1n) is 6.13. The Hall–Kier alpha value is -1.72. The molecule has 0 saturated heterocycles. The number of ether oxygens (including phenoxy) is 2. The first-order chi connectivity index (χ1) is 9.90. The maximum Gasteiger partial charge on any atom is 0.207 e. The van der Waals surface area contributed by atoms with Gasteiger partial charge in [0.2, 0.25) is 9.84 Å². The highest BCUT2D eigenvalue weighted by Crippen LogP contribution is 2.35. The van der Waals surface area contributed by atoms with Crippen LogP contribution < -0.4 is 9.47 Å². The molecule has 0 amide bonds. The molecule has 0 aliphatic heterocycles. The van der Waals surface area contributed by atoms with E-state index >= 15 is 0 Å². The Bertz CT molecular complexity index is 769. The Morgan fingerprint density at radius 3 is 2.19 bits per heavy atom. The zero-order valence-electron chi connectivity index (χ0n) is 11.9. The molecule has 0 spiro atoms. The number of aryl methyl sites for hydroxylation is 1. The van der Waals surface area contributed by atoms with Crippen LogP contribution in [0.4, 0.5) is 0 Å². The van der Waals surface area contributed by atoms with E-state index in [2.05, 4.69) is 0 Å². The van der Waals surface area contributed by atoms with E-state index in [-0.39, 0.29) is 9.79 Å². The van der Waals surface area contributed by atoms with E-state index < -0.39 is 9.84 Å². The maximum absolute atomic E-state index is 12.7. The third kappa shape index (κ3) is 2.99. The number of hydrogen-bond donors (Lipinski definition) is 0. The Morgan fingerprint density at radius 1 is 1.00 bits per heavy atom. The Balaban J connectivity index is 2.65. The van der Waals surface area contributed by atoms with Crippen LogP contribution in [0.3, 0.4) is 0 Å². The third-order valence-corrected chi connectivity index (χ3v) is 5.21. The first-order valence-corrected chi connectivity index (χ1v) is 7.99. The SMILES string of the molecule is COc1cc(C)c(S(=O)(=O)c2cccc(Cl)c2)cc1OC. The van der Waals surface area contributed by atoms with Gasteiger partial charge < -0.3 is 9.47 Å². The highest BCUT2D eigenvalue weighted by atomic mass is 35.5. The highest BCUT2D eigenvalue weighted by molar-refractivity contribution is 7.91. The van der Waals surface area contributed by atoms with Gasteiger partial charge >= 0.3 is 0 Å². The molecule has 0 N–H and O–H groups in total. The molecule has 0 unspecified atom stereocenters.